The summed E-state index contributed by atoms with van der Waals surface area (Å²) in [4.78, 5) is 25.3. The Morgan fingerprint density at radius 2 is 2.44 bits per heavy atom. The maximum absolute atomic E-state index is 11.3. The van der Waals surface area contributed by atoms with E-state index in [0.29, 0.717) is 6.61 Å². The minimum absolute atomic E-state index is 0.0456. The zero-order valence-corrected chi connectivity index (χ0v) is 9.33. The molecule has 2 N–H and O–H groups in total. The lowest BCUT2D eigenvalue weighted by molar-refractivity contribution is -0.384. The van der Waals surface area contributed by atoms with Gasteiger partial charge in [-0.2, -0.15) is 0 Å². The summed E-state index contributed by atoms with van der Waals surface area (Å²) in [5, 5.41) is 22.7. The molecule has 1 aliphatic heterocycles. The molecule has 1 atom stereocenters. The average molecular weight is 253 g/mol. The first-order valence-electron chi connectivity index (χ1n) is 5.24. The molecule has 8 nitrogen and oxygen atoms in total. The fraction of sp³-hybridized carbons (Fsp3) is 0.400. The Labute approximate surface area is 102 Å². The van der Waals surface area contributed by atoms with E-state index in [4.69, 9.17) is 4.74 Å². The van der Waals surface area contributed by atoms with Crippen LogP contribution < -0.4 is 5.32 Å². The van der Waals surface area contributed by atoms with Gasteiger partial charge in [0.25, 0.3) is 0 Å². The first kappa shape index (κ1) is 12.2. The molecule has 0 bridgehead atoms. The molecule has 96 valence electrons. The Morgan fingerprint density at radius 3 is 3.00 bits per heavy atom. The van der Waals surface area contributed by atoms with Crippen LogP contribution in [0.25, 0.3) is 0 Å². The normalized spacial score (nSPS) is 22.7. The molecule has 0 radical (unpaired) electrons. The molecule has 2 heterocycles. The van der Waals surface area contributed by atoms with Crippen molar-refractivity contribution in [2.45, 2.75) is 12.0 Å². The van der Waals surface area contributed by atoms with Crippen molar-refractivity contribution in [3.05, 3.63) is 28.4 Å². The van der Waals surface area contributed by atoms with Crippen LogP contribution in [0.15, 0.2) is 18.3 Å². The highest BCUT2D eigenvalue weighted by Crippen LogP contribution is 2.28. The Morgan fingerprint density at radius 1 is 1.67 bits per heavy atom. The summed E-state index contributed by atoms with van der Waals surface area (Å²) in [5.74, 6) is -1.17. The molecule has 1 saturated heterocycles. The van der Waals surface area contributed by atoms with Crippen LogP contribution in [0.1, 0.15) is 6.42 Å². The molecule has 1 fully saturated rings. The molecule has 1 unspecified atom stereocenters. The van der Waals surface area contributed by atoms with Gasteiger partial charge in [0.05, 0.1) is 11.5 Å². The van der Waals surface area contributed by atoms with Gasteiger partial charge in [0, 0.05) is 25.3 Å². The Hall–Kier alpha value is -2.22. The molecule has 2 rings (SSSR count). The van der Waals surface area contributed by atoms with Crippen molar-refractivity contribution < 1.29 is 19.6 Å². The third-order valence-electron chi connectivity index (χ3n) is 2.77. The van der Waals surface area contributed by atoms with E-state index < -0.39 is 16.4 Å². The summed E-state index contributed by atoms with van der Waals surface area (Å²) in [5.41, 5.74) is -1.61. The van der Waals surface area contributed by atoms with Crippen LogP contribution in [0.5, 0.6) is 0 Å². The quantitative estimate of drug-likeness (QED) is 0.597. The molecule has 0 amide bonds. The number of carboxylic acids is 1. The number of anilines is 1. The second kappa shape index (κ2) is 4.57. The monoisotopic (exact) mass is 253 g/mol. The van der Waals surface area contributed by atoms with Gasteiger partial charge in [-0.3, -0.25) is 10.1 Å². The van der Waals surface area contributed by atoms with Crippen molar-refractivity contribution in [3.63, 3.8) is 0 Å². The zero-order valence-electron chi connectivity index (χ0n) is 9.33. The van der Waals surface area contributed by atoms with Crippen molar-refractivity contribution in [1.29, 1.82) is 0 Å². The molecule has 0 spiro atoms. The number of hydrogen-bond donors (Lipinski definition) is 2. The van der Waals surface area contributed by atoms with Gasteiger partial charge in [-0.15, -0.1) is 0 Å². The minimum atomic E-state index is -1.35. The summed E-state index contributed by atoms with van der Waals surface area (Å²) in [6.07, 6.45) is 1.59. The molecule has 0 aliphatic carbocycles. The van der Waals surface area contributed by atoms with Crippen LogP contribution in [0.2, 0.25) is 0 Å². The van der Waals surface area contributed by atoms with Crippen molar-refractivity contribution in [3.8, 4) is 0 Å². The molecule has 0 aromatic carbocycles. The van der Waals surface area contributed by atoms with Gasteiger partial charge < -0.3 is 15.2 Å². The third kappa shape index (κ3) is 2.09. The van der Waals surface area contributed by atoms with Crippen LogP contribution in [-0.2, 0) is 9.53 Å². The fourth-order valence-corrected chi connectivity index (χ4v) is 1.75. The SMILES string of the molecule is O=C(O)C1(Nc2ncccc2[N+](=O)[O-])CCOC1. The van der Waals surface area contributed by atoms with E-state index in [1.54, 1.807) is 0 Å². The first-order valence-corrected chi connectivity index (χ1v) is 5.24. The van der Waals surface area contributed by atoms with Gasteiger partial charge in [-0.05, 0) is 6.07 Å². The van der Waals surface area contributed by atoms with E-state index in [1.165, 1.54) is 18.3 Å². The van der Waals surface area contributed by atoms with Crippen molar-refractivity contribution >= 4 is 17.5 Å². The van der Waals surface area contributed by atoms with E-state index in [9.17, 15) is 20.0 Å². The number of hydrogen-bond acceptors (Lipinski definition) is 6. The summed E-state index contributed by atoms with van der Waals surface area (Å²) < 4.78 is 5.05. The van der Waals surface area contributed by atoms with Gasteiger partial charge in [-0.25, -0.2) is 9.78 Å². The van der Waals surface area contributed by atoms with Crippen molar-refractivity contribution in [2.75, 3.05) is 18.5 Å². The lowest BCUT2D eigenvalue weighted by Crippen LogP contribution is -2.47. The number of nitro groups is 1. The molecule has 1 aromatic rings. The standard InChI is InChI=1S/C10H11N3O5/c14-9(15)10(3-5-18-6-10)12-8-7(13(16)17)2-1-4-11-8/h1-2,4H,3,5-6H2,(H,11,12)(H,14,15). The van der Waals surface area contributed by atoms with Crippen molar-refractivity contribution in [2.24, 2.45) is 0 Å². The number of aliphatic carboxylic acids is 1. The van der Waals surface area contributed by atoms with Gasteiger partial charge in [-0.1, -0.05) is 0 Å². The first-order chi connectivity index (χ1) is 8.55. The zero-order chi connectivity index (χ0) is 13.2. The predicted octanol–water partition coefficient (Wildman–Crippen LogP) is 0.645. The van der Waals surface area contributed by atoms with Gasteiger partial charge in [0.15, 0.2) is 5.54 Å². The summed E-state index contributed by atoms with van der Waals surface area (Å²) in [7, 11) is 0. The highest BCUT2D eigenvalue weighted by Gasteiger charge is 2.44. The Kier molecular flexibility index (Phi) is 3.11. The molecule has 1 aromatic heterocycles. The van der Waals surface area contributed by atoms with Crippen LogP contribution in [0, 0.1) is 10.1 Å². The second-order valence-electron chi connectivity index (χ2n) is 3.94. The largest absolute Gasteiger partial charge is 0.479 e. The van der Waals surface area contributed by atoms with Gasteiger partial charge in [0.1, 0.15) is 0 Å². The van der Waals surface area contributed by atoms with Gasteiger partial charge >= 0.3 is 11.7 Å². The van der Waals surface area contributed by atoms with E-state index >= 15 is 0 Å². The van der Waals surface area contributed by atoms with Gasteiger partial charge in [0.2, 0.25) is 5.82 Å². The summed E-state index contributed by atoms with van der Waals surface area (Å²) in [6, 6.07) is 2.68. The maximum Gasteiger partial charge on any atom is 0.331 e. The van der Waals surface area contributed by atoms with E-state index in [1.807, 2.05) is 0 Å². The number of ether oxygens (including phenoxy) is 1. The van der Waals surface area contributed by atoms with Crippen LogP contribution in [0.4, 0.5) is 11.5 Å². The molecular formula is C10H11N3O5. The molecule has 0 saturated carbocycles. The highest BCUT2D eigenvalue weighted by atomic mass is 16.6. The minimum Gasteiger partial charge on any atom is -0.479 e. The third-order valence-corrected chi connectivity index (χ3v) is 2.77. The van der Waals surface area contributed by atoms with E-state index in [0.717, 1.165) is 0 Å². The van der Waals surface area contributed by atoms with Crippen LogP contribution >= 0.6 is 0 Å². The number of nitrogens with one attached hydrogen (secondary N) is 1. The number of pyridine rings is 1. The molecular weight excluding hydrogens is 242 g/mol. The maximum atomic E-state index is 11.3. The highest BCUT2D eigenvalue weighted by molar-refractivity contribution is 5.84. The van der Waals surface area contributed by atoms with Crippen molar-refractivity contribution in [1.82, 2.24) is 4.98 Å². The topological polar surface area (TPSA) is 115 Å². The Balaban J connectivity index is 2.33. The second-order valence-corrected chi connectivity index (χ2v) is 3.94. The lowest BCUT2D eigenvalue weighted by atomic mass is 9.99. The van der Waals surface area contributed by atoms with Crippen LogP contribution in [0.3, 0.4) is 0 Å². The van der Waals surface area contributed by atoms with E-state index in [2.05, 4.69) is 10.3 Å². The predicted molar refractivity (Wildman–Crippen MR) is 60.3 cm³/mol. The number of carboxylic acid groups (broad SMARTS) is 1. The Bertz CT molecular complexity index is 484. The molecule has 1 aliphatic rings. The number of rotatable bonds is 4. The summed E-state index contributed by atoms with van der Waals surface area (Å²) >= 11 is 0. The number of nitrogens with zero attached hydrogens (tertiary/aromatic N) is 2. The summed E-state index contributed by atoms with van der Waals surface area (Å²) in [6.45, 7) is 0.246. The van der Waals surface area contributed by atoms with Crippen LogP contribution in [-0.4, -0.2) is 39.7 Å². The smallest absolute Gasteiger partial charge is 0.331 e. The number of aromatic nitrogens is 1. The molecule has 8 heteroatoms. The van der Waals surface area contributed by atoms with E-state index in [-0.39, 0.29) is 24.5 Å². The number of carbonyl (C=O) groups is 1. The fourth-order valence-electron chi connectivity index (χ4n) is 1.75. The lowest BCUT2D eigenvalue weighted by Gasteiger charge is -2.23. The molecule has 18 heavy (non-hydrogen) atoms. The average Bonchev–Trinajstić information content (AvgIpc) is 2.79.